The van der Waals surface area contributed by atoms with E-state index in [1.807, 2.05) is 0 Å². The molecule has 0 atom stereocenters. The summed E-state index contributed by atoms with van der Waals surface area (Å²) in [6.45, 7) is 12.5. The maximum atomic E-state index is 11.1. The van der Waals surface area contributed by atoms with Crippen LogP contribution in [0.5, 0.6) is 0 Å². The molecule has 0 aromatic carbocycles. The smallest absolute Gasteiger partial charge is 0.264 e. The second kappa shape index (κ2) is 6.79. The van der Waals surface area contributed by atoms with E-state index in [-0.39, 0.29) is 11.5 Å². The van der Waals surface area contributed by atoms with Gasteiger partial charge in [-0.3, -0.25) is 4.18 Å². The van der Waals surface area contributed by atoms with Gasteiger partial charge in [0.2, 0.25) is 0 Å². The second-order valence-corrected chi connectivity index (χ2v) is 12.3. The fraction of sp³-hybridized carbons (Fsp3) is 0.786. The minimum Gasteiger partial charge on any atom is -0.415 e. The van der Waals surface area contributed by atoms with Crippen LogP contribution in [0, 0.1) is 0 Å². The van der Waals surface area contributed by atoms with E-state index < -0.39 is 19.2 Å². The van der Waals surface area contributed by atoms with Gasteiger partial charge >= 0.3 is 0 Å². The van der Waals surface area contributed by atoms with Gasteiger partial charge in [-0.2, -0.15) is 8.42 Å². The van der Waals surface area contributed by atoms with Crippen molar-refractivity contribution in [2.75, 3.05) is 24.2 Å². The Hall–Kier alpha value is -0.483. The molecule has 1 aliphatic heterocycles. The van der Waals surface area contributed by atoms with Crippen LogP contribution < -0.4 is 4.90 Å². The van der Waals surface area contributed by atoms with E-state index in [9.17, 15) is 8.42 Å². The van der Waals surface area contributed by atoms with E-state index in [0.29, 0.717) is 19.7 Å². The highest BCUT2D eigenvalue weighted by atomic mass is 32.2. The number of nitrogens with zero attached hydrogens (tertiary/aromatic N) is 2. The Labute approximate surface area is 144 Å². The molecule has 9 heteroatoms. The fourth-order valence-corrected chi connectivity index (χ4v) is 4.75. The lowest BCUT2D eigenvalue weighted by molar-refractivity contribution is 0.177. The van der Waals surface area contributed by atoms with Crippen molar-refractivity contribution in [1.29, 1.82) is 0 Å². The number of hydrogen-bond acceptors (Lipinski definition) is 7. The molecule has 0 N–H and O–H groups in total. The molecule has 0 unspecified atom stereocenters. The van der Waals surface area contributed by atoms with Gasteiger partial charge in [0.15, 0.2) is 14.2 Å². The van der Waals surface area contributed by atoms with Crippen molar-refractivity contribution in [2.45, 2.75) is 52.0 Å². The van der Waals surface area contributed by atoms with Gasteiger partial charge < -0.3 is 9.33 Å². The molecule has 1 fully saturated rings. The Morgan fingerprint density at radius 2 is 1.96 bits per heavy atom. The molecule has 23 heavy (non-hydrogen) atoms. The Kier molecular flexibility index (Phi) is 5.57. The zero-order chi connectivity index (χ0) is 17.4. The second-order valence-electron chi connectivity index (χ2n) is 7.21. The van der Waals surface area contributed by atoms with Crippen LogP contribution in [0.25, 0.3) is 0 Å². The first kappa shape index (κ1) is 18.8. The van der Waals surface area contributed by atoms with Crippen LogP contribution in [0.1, 0.15) is 31.3 Å². The monoisotopic (exact) mass is 378 g/mol. The molecule has 0 amide bonds. The molecular weight excluding hydrogens is 352 g/mol. The third kappa shape index (κ3) is 5.25. The predicted octanol–water partition coefficient (Wildman–Crippen LogP) is 2.11. The first-order chi connectivity index (χ1) is 10.5. The maximum Gasteiger partial charge on any atom is 0.264 e. The molecule has 1 aliphatic rings. The van der Waals surface area contributed by atoms with Crippen LogP contribution >= 0.6 is 11.3 Å². The summed E-state index contributed by atoms with van der Waals surface area (Å²) in [6.07, 6.45) is 0.817. The molecule has 2 rings (SSSR count). The normalized spacial score (nSPS) is 16.9. The van der Waals surface area contributed by atoms with Gasteiger partial charge in [-0.1, -0.05) is 32.1 Å². The van der Waals surface area contributed by atoms with Gasteiger partial charge in [-0.15, -0.1) is 0 Å². The van der Waals surface area contributed by atoms with Crippen LogP contribution in [-0.4, -0.2) is 47.9 Å². The molecule has 1 saturated heterocycles. The predicted molar refractivity (Wildman–Crippen MR) is 96.4 cm³/mol. The van der Waals surface area contributed by atoms with E-state index >= 15 is 0 Å². The van der Waals surface area contributed by atoms with E-state index in [1.165, 1.54) is 4.88 Å². The highest BCUT2D eigenvalue weighted by Crippen LogP contribution is 2.36. The quantitative estimate of drug-likeness (QED) is 0.558. The molecule has 0 aliphatic carbocycles. The molecule has 132 valence electrons. The highest BCUT2D eigenvalue weighted by molar-refractivity contribution is 7.86. The van der Waals surface area contributed by atoms with Crippen molar-refractivity contribution in [3.8, 4) is 0 Å². The summed E-state index contributed by atoms with van der Waals surface area (Å²) in [5.41, 5.74) is 1.03. The Morgan fingerprint density at radius 1 is 1.35 bits per heavy atom. The Morgan fingerprint density at radius 3 is 2.43 bits per heavy atom. The SMILES string of the molecule is C[SiH](C)OCc1sc(N2CC(OS(C)(=O)=O)C2)nc1C(C)(C)C. The lowest BCUT2D eigenvalue weighted by Gasteiger charge is -2.37. The van der Waals surface area contributed by atoms with Gasteiger partial charge in [-0.25, -0.2) is 4.98 Å². The van der Waals surface area contributed by atoms with E-state index in [2.05, 4.69) is 38.8 Å². The maximum absolute atomic E-state index is 11.1. The molecule has 0 spiro atoms. The zero-order valence-corrected chi connectivity index (χ0v) is 17.4. The molecule has 1 aromatic rings. The number of hydrogen-bond donors (Lipinski definition) is 0. The summed E-state index contributed by atoms with van der Waals surface area (Å²) in [5, 5.41) is 0.923. The highest BCUT2D eigenvalue weighted by Gasteiger charge is 2.34. The topological polar surface area (TPSA) is 68.7 Å². The van der Waals surface area contributed by atoms with Crippen molar-refractivity contribution in [3.63, 3.8) is 0 Å². The molecule has 2 heterocycles. The first-order valence-corrected chi connectivity index (χ1v) is 13.1. The van der Waals surface area contributed by atoms with Crippen LogP contribution in [0.3, 0.4) is 0 Å². The molecule has 1 aromatic heterocycles. The van der Waals surface area contributed by atoms with Crippen molar-refractivity contribution < 1.29 is 17.0 Å². The van der Waals surface area contributed by atoms with Crippen LogP contribution in [0.2, 0.25) is 13.1 Å². The van der Waals surface area contributed by atoms with Crippen molar-refractivity contribution >= 4 is 35.6 Å². The lowest BCUT2D eigenvalue weighted by atomic mass is 9.91. The van der Waals surface area contributed by atoms with Crippen molar-refractivity contribution in [2.24, 2.45) is 0 Å². The summed E-state index contributed by atoms with van der Waals surface area (Å²) in [4.78, 5) is 8.02. The number of aromatic nitrogens is 1. The summed E-state index contributed by atoms with van der Waals surface area (Å²) in [5.74, 6) is 0. The number of thiazole rings is 1. The van der Waals surface area contributed by atoms with Gasteiger partial charge in [-0.05, 0) is 13.1 Å². The standard InChI is InChI=1S/C14H26N2O4S2Si/c1-14(2,3)12-11(9-19-23(5)6)21-13(15-12)16-7-10(8-16)20-22(4,17)18/h10,23H,7-9H2,1-6H3. The fourth-order valence-electron chi connectivity index (χ4n) is 2.30. The third-order valence-corrected chi connectivity index (χ3v) is 5.92. The average molecular weight is 379 g/mol. The van der Waals surface area contributed by atoms with Crippen LogP contribution in [0.15, 0.2) is 0 Å². The summed E-state index contributed by atoms with van der Waals surface area (Å²) in [6, 6.07) is 0. The zero-order valence-electron chi connectivity index (χ0n) is 14.6. The molecule has 0 saturated carbocycles. The third-order valence-electron chi connectivity index (χ3n) is 3.37. The van der Waals surface area contributed by atoms with Crippen molar-refractivity contribution in [3.05, 3.63) is 10.6 Å². The first-order valence-electron chi connectivity index (χ1n) is 7.70. The minimum atomic E-state index is -3.39. The Balaban J connectivity index is 2.09. The molecular formula is C14H26N2O4S2Si. The summed E-state index contributed by atoms with van der Waals surface area (Å²) in [7, 11) is -4.47. The van der Waals surface area contributed by atoms with Gasteiger partial charge in [0.05, 0.1) is 23.4 Å². The Bertz CT molecular complexity index is 646. The van der Waals surface area contributed by atoms with E-state index in [1.54, 1.807) is 11.3 Å². The van der Waals surface area contributed by atoms with E-state index in [4.69, 9.17) is 13.6 Å². The minimum absolute atomic E-state index is 0.0422. The van der Waals surface area contributed by atoms with Gasteiger partial charge in [0.1, 0.15) is 6.10 Å². The van der Waals surface area contributed by atoms with Crippen LogP contribution in [-0.2, 0) is 30.7 Å². The van der Waals surface area contributed by atoms with Crippen LogP contribution in [0.4, 0.5) is 5.13 Å². The number of rotatable bonds is 6. The molecule has 6 nitrogen and oxygen atoms in total. The average Bonchev–Trinajstić information content (AvgIpc) is 2.73. The molecule has 0 bridgehead atoms. The van der Waals surface area contributed by atoms with Gasteiger partial charge in [0, 0.05) is 18.5 Å². The summed E-state index contributed by atoms with van der Waals surface area (Å²) < 4.78 is 33.2. The lowest BCUT2D eigenvalue weighted by Crippen LogP contribution is -2.53. The van der Waals surface area contributed by atoms with E-state index in [0.717, 1.165) is 17.1 Å². The van der Waals surface area contributed by atoms with Crippen molar-refractivity contribution in [1.82, 2.24) is 4.98 Å². The largest absolute Gasteiger partial charge is 0.415 e. The molecule has 0 radical (unpaired) electrons. The number of anilines is 1. The summed E-state index contributed by atoms with van der Waals surface area (Å²) >= 11 is 1.64. The van der Waals surface area contributed by atoms with Gasteiger partial charge in [0.25, 0.3) is 10.1 Å².